The first-order chi connectivity index (χ1) is 11.4. The number of nitrogens with one attached hydrogen (secondary N) is 1. The topological polar surface area (TPSA) is 58.6 Å². The van der Waals surface area contributed by atoms with Gasteiger partial charge in [0.1, 0.15) is 11.8 Å². The van der Waals surface area contributed by atoms with Crippen molar-refractivity contribution < 1.29 is 14.3 Å². The fourth-order valence-corrected chi connectivity index (χ4v) is 2.14. The SMILES string of the molecule is C=CCN(CC=C)C(=O)C(C)NC(=O)c1ccc(OC(C)C)cc1. The Morgan fingerprint density at radius 1 is 1.12 bits per heavy atom. The maximum Gasteiger partial charge on any atom is 0.251 e. The molecule has 0 spiro atoms. The van der Waals surface area contributed by atoms with E-state index in [1.54, 1.807) is 48.2 Å². The summed E-state index contributed by atoms with van der Waals surface area (Å²) in [5, 5.41) is 2.71. The van der Waals surface area contributed by atoms with Gasteiger partial charge in [-0.2, -0.15) is 0 Å². The Labute approximate surface area is 144 Å². The molecule has 1 aromatic rings. The van der Waals surface area contributed by atoms with Gasteiger partial charge in [0, 0.05) is 18.7 Å². The second-order valence-corrected chi connectivity index (χ2v) is 5.71. The van der Waals surface area contributed by atoms with Gasteiger partial charge in [0.05, 0.1) is 6.10 Å². The minimum Gasteiger partial charge on any atom is -0.491 e. The smallest absolute Gasteiger partial charge is 0.251 e. The molecule has 0 aliphatic rings. The van der Waals surface area contributed by atoms with Crippen LogP contribution in [0.4, 0.5) is 0 Å². The molecule has 0 aliphatic carbocycles. The molecule has 0 saturated carbocycles. The maximum absolute atomic E-state index is 12.4. The van der Waals surface area contributed by atoms with Gasteiger partial charge in [-0.05, 0) is 45.0 Å². The van der Waals surface area contributed by atoms with E-state index in [-0.39, 0.29) is 17.9 Å². The first-order valence-corrected chi connectivity index (χ1v) is 7.97. The number of rotatable bonds is 9. The molecule has 1 unspecified atom stereocenters. The van der Waals surface area contributed by atoms with Gasteiger partial charge in [0.25, 0.3) is 5.91 Å². The summed E-state index contributed by atoms with van der Waals surface area (Å²) in [5.41, 5.74) is 0.477. The van der Waals surface area contributed by atoms with Crippen LogP contribution in [-0.2, 0) is 4.79 Å². The Bertz CT molecular complexity index is 569. The van der Waals surface area contributed by atoms with Crippen LogP contribution in [0.15, 0.2) is 49.6 Å². The maximum atomic E-state index is 12.4. The standard InChI is InChI=1S/C19H26N2O3/c1-6-12-21(13-7-2)19(23)15(5)20-18(22)16-8-10-17(11-9-16)24-14(3)4/h6-11,14-15H,1-2,12-13H2,3-5H3,(H,20,22). The van der Waals surface area contributed by atoms with E-state index in [1.807, 2.05) is 13.8 Å². The number of hydrogen-bond acceptors (Lipinski definition) is 3. The van der Waals surface area contributed by atoms with Gasteiger partial charge in [-0.1, -0.05) is 12.2 Å². The van der Waals surface area contributed by atoms with E-state index < -0.39 is 6.04 Å². The van der Waals surface area contributed by atoms with E-state index in [0.717, 1.165) is 0 Å². The summed E-state index contributed by atoms with van der Waals surface area (Å²) in [6.45, 7) is 13.6. The lowest BCUT2D eigenvalue weighted by molar-refractivity contribution is -0.131. The van der Waals surface area contributed by atoms with Crippen LogP contribution in [0.2, 0.25) is 0 Å². The van der Waals surface area contributed by atoms with Crippen molar-refractivity contribution in [3.63, 3.8) is 0 Å². The minimum absolute atomic E-state index is 0.0722. The van der Waals surface area contributed by atoms with Crippen LogP contribution in [0, 0.1) is 0 Å². The van der Waals surface area contributed by atoms with Crippen LogP contribution >= 0.6 is 0 Å². The molecule has 5 nitrogen and oxygen atoms in total. The van der Waals surface area contributed by atoms with Crippen LogP contribution in [0.1, 0.15) is 31.1 Å². The van der Waals surface area contributed by atoms with Gasteiger partial charge in [-0.25, -0.2) is 0 Å². The summed E-state index contributed by atoms with van der Waals surface area (Å²) >= 11 is 0. The van der Waals surface area contributed by atoms with Gasteiger partial charge in [-0.3, -0.25) is 9.59 Å². The minimum atomic E-state index is -0.635. The second kappa shape index (κ2) is 9.55. The molecule has 24 heavy (non-hydrogen) atoms. The molecule has 1 atom stereocenters. The van der Waals surface area contributed by atoms with Gasteiger partial charge in [-0.15, -0.1) is 13.2 Å². The molecule has 0 saturated heterocycles. The Hall–Kier alpha value is -2.56. The quantitative estimate of drug-likeness (QED) is 0.708. The van der Waals surface area contributed by atoms with Gasteiger partial charge >= 0.3 is 0 Å². The molecule has 2 amide bonds. The number of ether oxygens (including phenoxy) is 1. The Kier molecular flexibility index (Phi) is 7.75. The molecule has 0 heterocycles. The van der Waals surface area contributed by atoms with Crippen molar-refractivity contribution in [1.82, 2.24) is 10.2 Å². The fraction of sp³-hybridized carbons (Fsp3) is 0.368. The lowest BCUT2D eigenvalue weighted by Gasteiger charge is -2.24. The van der Waals surface area contributed by atoms with Crippen LogP contribution in [0.3, 0.4) is 0 Å². The Morgan fingerprint density at radius 3 is 2.12 bits per heavy atom. The average Bonchev–Trinajstić information content (AvgIpc) is 2.54. The zero-order valence-corrected chi connectivity index (χ0v) is 14.6. The van der Waals surface area contributed by atoms with Crippen molar-refractivity contribution in [2.24, 2.45) is 0 Å². The lowest BCUT2D eigenvalue weighted by atomic mass is 10.2. The highest BCUT2D eigenvalue weighted by Gasteiger charge is 2.21. The number of carbonyl (C=O) groups is 2. The van der Waals surface area contributed by atoms with E-state index in [0.29, 0.717) is 24.4 Å². The molecule has 0 bridgehead atoms. The van der Waals surface area contributed by atoms with Crippen LogP contribution in [0.5, 0.6) is 5.75 Å². The third-order valence-corrected chi connectivity index (χ3v) is 3.22. The largest absolute Gasteiger partial charge is 0.491 e. The van der Waals surface area contributed by atoms with Gasteiger partial charge in [0.2, 0.25) is 5.91 Å². The number of benzene rings is 1. The monoisotopic (exact) mass is 330 g/mol. The highest BCUT2D eigenvalue weighted by Crippen LogP contribution is 2.14. The average molecular weight is 330 g/mol. The van der Waals surface area contributed by atoms with Crippen LogP contribution < -0.4 is 10.1 Å². The van der Waals surface area contributed by atoms with Crippen molar-refractivity contribution in [3.05, 3.63) is 55.1 Å². The predicted octanol–water partition coefficient (Wildman–Crippen LogP) is 2.79. The summed E-state index contributed by atoms with van der Waals surface area (Å²) in [5.74, 6) is 0.223. The van der Waals surface area contributed by atoms with Gasteiger partial charge < -0.3 is 15.0 Å². The highest BCUT2D eigenvalue weighted by atomic mass is 16.5. The zero-order valence-electron chi connectivity index (χ0n) is 14.6. The summed E-state index contributed by atoms with van der Waals surface area (Å²) in [6.07, 6.45) is 3.36. The van der Waals surface area contributed by atoms with Crippen LogP contribution in [-0.4, -0.2) is 41.9 Å². The number of amides is 2. The third-order valence-electron chi connectivity index (χ3n) is 3.22. The van der Waals surface area contributed by atoms with E-state index >= 15 is 0 Å². The molecule has 0 aliphatic heterocycles. The summed E-state index contributed by atoms with van der Waals surface area (Å²) < 4.78 is 5.54. The van der Waals surface area contributed by atoms with Crippen molar-refractivity contribution in [2.75, 3.05) is 13.1 Å². The predicted molar refractivity (Wildman–Crippen MR) is 96.1 cm³/mol. The molecule has 130 valence electrons. The number of nitrogens with zero attached hydrogens (tertiary/aromatic N) is 1. The molecular weight excluding hydrogens is 304 g/mol. The van der Waals surface area contributed by atoms with E-state index in [9.17, 15) is 9.59 Å². The van der Waals surface area contributed by atoms with Crippen molar-refractivity contribution in [3.8, 4) is 5.75 Å². The third kappa shape index (κ3) is 5.91. The summed E-state index contributed by atoms with van der Waals surface area (Å²) in [4.78, 5) is 26.2. The number of carbonyl (C=O) groups excluding carboxylic acids is 2. The highest BCUT2D eigenvalue weighted by molar-refractivity contribution is 5.97. The van der Waals surface area contributed by atoms with Crippen molar-refractivity contribution in [1.29, 1.82) is 0 Å². The molecule has 5 heteroatoms. The normalized spacial score (nSPS) is 11.5. The fourth-order valence-electron chi connectivity index (χ4n) is 2.14. The molecular formula is C19H26N2O3. The molecule has 1 N–H and O–H groups in total. The van der Waals surface area contributed by atoms with Crippen molar-refractivity contribution >= 4 is 11.8 Å². The van der Waals surface area contributed by atoms with E-state index in [4.69, 9.17) is 4.74 Å². The number of hydrogen-bond donors (Lipinski definition) is 1. The van der Waals surface area contributed by atoms with Gasteiger partial charge in [0.15, 0.2) is 0 Å². The first-order valence-electron chi connectivity index (χ1n) is 7.97. The lowest BCUT2D eigenvalue weighted by Crippen LogP contribution is -2.47. The van der Waals surface area contributed by atoms with Crippen LogP contribution in [0.25, 0.3) is 0 Å². The van der Waals surface area contributed by atoms with E-state index in [2.05, 4.69) is 18.5 Å². The Morgan fingerprint density at radius 2 is 1.67 bits per heavy atom. The zero-order chi connectivity index (χ0) is 18.1. The molecule has 0 radical (unpaired) electrons. The Balaban J connectivity index is 2.69. The second-order valence-electron chi connectivity index (χ2n) is 5.71. The molecule has 1 rings (SSSR count). The van der Waals surface area contributed by atoms with Crippen molar-refractivity contribution in [2.45, 2.75) is 32.9 Å². The summed E-state index contributed by atoms with van der Waals surface area (Å²) in [7, 11) is 0. The van der Waals surface area contributed by atoms with E-state index in [1.165, 1.54) is 0 Å². The summed E-state index contributed by atoms with van der Waals surface area (Å²) in [6, 6.07) is 6.20. The molecule has 0 fully saturated rings. The molecule has 0 aromatic heterocycles. The first kappa shape index (κ1) is 19.5. The molecule has 1 aromatic carbocycles.